The lowest BCUT2D eigenvalue weighted by Gasteiger charge is -2.32. The number of ether oxygens (including phenoxy) is 2. The van der Waals surface area contributed by atoms with E-state index in [1.165, 1.54) is 55.3 Å². The average molecular weight is 683 g/mol. The van der Waals surface area contributed by atoms with E-state index in [1.807, 2.05) is 0 Å². The summed E-state index contributed by atoms with van der Waals surface area (Å²) in [5.41, 5.74) is 0.00775. The predicted molar refractivity (Wildman–Crippen MR) is 163 cm³/mol. The van der Waals surface area contributed by atoms with Gasteiger partial charge in [0.1, 0.15) is 23.1 Å². The molecule has 0 heterocycles. The zero-order valence-corrected chi connectivity index (χ0v) is 26.0. The summed E-state index contributed by atoms with van der Waals surface area (Å²) >= 11 is 5.94. The zero-order valence-electron chi connectivity index (χ0n) is 24.5. The van der Waals surface area contributed by atoms with E-state index >= 15 is 4.39 Å². The first-order valence-electron chi connectivity index (χ1n) is 13.8. The Morgan fingerprint density at radius 2 is 1.59 bits per heavy atom. The second-order valence-corrected chi connectivity index (χ2v) is 12.3. The number of carbonyl (C=O) groups excluding carboxylic acids is 1. The van der Waals surface area contributed by atoms with Gasteiger partial charge in [0, 0.05) is 35.8 Å². The number of carbonyl (C=O) groups is 1. The Labute approximate surface area is 267 Å². The lowest BCUT2D eigenvalue weighted by molar-refractivity contribution is -0.274. The Hall–Kier alpha value is -4.36. The fraction of sp³-hybridized carbons (Fsp3) is 0.219. The van der Waals surface area contributed by atoms with Crippen LogP contribution in [0.4, 0.5) is 27.6 Å². The largest absolute Gasteiger partial charge is 0.573 e. The van der Waals surface area contributed by atoms with Crippen molar-refractivity contribution in [2.24, 2.45) is 0 Å². The third kappa shape index (κ3) is 8.46. The number of sulfonamides is 1. The molecule has 46 heavy (non-hydrogen) atoms. The van der Waals surface area contributed by atoms with E-state index < -0.39 is 51.4 Å². The standard InChI is InChI=1S/C32H28ClF5N2O5S/c1-21(40(29-20-24(34)12-17-28(29)35)46(42,43)26-15-10-23(33)11-16-26)27-6-3-4-7-30(27)44-19-5-18-39(2)31(41)22-8-13-25(14-9-22)45-32(36,37)38/h3-4,6-17,20-21H,5,18-19H2,1-2H3. The highest BCUT2D eigenvalue weighted by molar-refractivity contribution is 7.92. The van der Waals surface area contributed by atoms with Crippen LogP contribution in [0.2, 0.25) is 5.02 Å². The van der Waals surface area contributed by atoms with E-state index in [1.54, 1.807) is 24.3 Å². The Morgan fingerprint density at radius 1 is 0.935 bits per heavy atom. The molecule has 0 aliphatic heterocycles. The number of para-hydroxylation sites is 1. The third-order valence-corrected chi connectivity index (χ3v) is 8.96. The van der Waals surface area contributed by atoms with Gasteiger partial charge < -0.3 is 14.4 Å². The Kier molecular flexibility index (Phi) is 10.8. The van der Waals surface area contributed by atoms with Crippen LogP contribution in [0.5, 0.6) is 11.5 Å². The maximum absolute atomic E-state index is 15.1. The van der Waals surface area contributed by atoms with Gasteiger partial charge in [-0.25, -0.2) is 17.2 Å². The summed E-state index contributed by atoms with van der Waals surface area (Å²) in [6, 6.07) is 17.7. The predicted octanol–water partition coefficient (Wildman–Crippen LogP) is 8.01. The van der Waals surface area contributed by atoms with Gasteiger partial charge in [-0.3, -0.25) is 9.10 Å². The molecule has 0 saturated heterocycles. The summed E-state index contributed by atoms with van der Waals surface area (Å²) in [6.07, 6.45) is -4.52. The highest BCUT2D eigenvalue weighted by atomic mass is 35.5. The molecule has 0 N–H and O–H groups in total. The Morgan fingerprint density at radius 3 is 2.24 bits per heavy atom. The number of hydrogen-bond donors (Lipinski definition) is 0. The number of alkyl halides is 3. The van der Waals surface area contributed by atoms with Crippen LogP contribution in [0.3, 0.4) is 0 Å². The molecule has 4 aromatic rings. The maximum Gasteiger partial charge on any atom is 0.573 e. The lowest BCUT2D eigenvalue weighted by Crippen LogP contribution is -2.34. The number of hydrogen-bond acceptors (Lipinski definition) is 5. The van der Waals surface area contributed by atoms with Gasteiger partial charge in [0.25, 0.3) is 15.9 Å². The van der Waals surface area contributed by atoms with Crippen molar-refractivity contribution in [3.8, 4) is 11.5 Å². The van der Waals surface area contributed by atoms with Crippen LogP contribution in [0.1, 0.15) is 35.3 Å². The van der Waals surface area contributed by atoms with E-state index in [4.69, 9.17) is 16.3 Å². The Balaban J connectivity index is 1.50. The summed E-state index contributed by atoms with van der Waals surface area (Å²) in [5.74, 6) is -2.41. The minimum Gasteiger partial charge on any atom is -0.493 e. The van der Waals surface area contributed by atoms with Crippen LogP contribution >= 0.6 is 11.6 Å². The van der Waals surface area contributed by atoms with Gasteiger partial charge in [0.05, 0.1) is 23.2 Å². The number of nitrogens with zero attached hydrogens (tertiary/aromatic N) is 2. The molecule has 0 saturated carbocycles. The number of halogens is 6. The smallest absolute Gasteiger partial charge is 0.493 e. The molecule has 1 amide bonds. The topological polar surface area (TPSA) is 76.2 Å². The van der Waals surface area contributed by atoms with Crippen LogP contribution in [-0.2, 0) is 10.0 Å². The second kappa shape index (κ2) is 14.4. The first-order chi connectivity index (χ1) is 21.7. The fourth-order valence-electron chi connectivity index (χ4n) is 4.61. The van der Waals surface area contributed by atoms with Gasteiger partial charge in [0.2, 0.25) is 0 Å². The van der Waals surface area contributed by atoms with Crippen molar-refractivity contribution in [1.82, 2.24) is 4.90 Å². The van der Waals surface area contributed by atoms with Crippen molar-refractivity contribution in [2.45, 2.75) is 30.6 Å². The molecule has 0 spiro atoms. The van der Waals surface area contributed by atoms with Gasteiger partial charge in [0.15, 0.2) is 0 Å². The summed E-state index contributed by atoms with van der Waals surface area (Å²) in [4.78, 5) is 13.9. The van der Waals surface area contributed by atoms with E-state index in [-0.39, 0.29) is 34.4 Å². The molecule has 0 fully saturated rings. The van der Waals surface area contributed by atoms with E-state index in [2.05, 4.69) is 4.74 Å². The van der Waals surface area contributed by atoms with Crippen molar-refractivity contribution in [3.63, 3.8) is 0 Å². The van der Waals surface area contributed by atoms with Crippen molar-refractivity contribution < 1.29 is 44.6 Å². The highest BCUT2D eigenvalue weighted by Gasteiger charge is 2.34. The number of rotatable bonds is 12. The van der Waals surface area contributed by atoms with Crippen LogP contribution in [0.15, 0.2) is 95.9 Å². The molecule has 0 aliphatic rings. The van der Waals surface area contributed by atoms with Gasteiger partial charge in [-0.1, -0.05) is 29.8 Å². The van der Waals surface area contributed by atoms with Gasteiger partial charge in [-0.2, -0.15) is 0 Å². The molecule has 1 unspecified atom stereocenters. The number of anilines is 1. The van der Waals surface area contributed by atoms with Crippen molar-refractivity contribution in [1.29, 1.82) is 0 Å². The van der Waals surface area contributed by atoms with Crippen LogP contribution in [0, 0.1) is 11.6 Å². The molecule has 4 aromatic carbocycles. The molecule has 0 aromatic heterocycles. The first kappa shape index (κ1) is 34.5. The minimum absolute atomic E-state index is 0.0813. The lowest BCUT2D eigenvalue weighted by atomic mass is 10.1. The number of amides is 1. The van der Waals surface area contributed by atoms with Crippen LogP contribution in [0.25, 0.3) is 0 Å². The van der Waals surface area contributed by atoms with E-state index in [0.29, 0.717) is 12.0 Å². The molecular weight excluding hydrogens is 655 g/mol. The Bertz CT molecular complexity index is 1770. The van der Waals surface area contributed by atoms with Crippen molar-refractivity contribution >= 4 is 33.2 Å². The molecule has 14 heteroatoms. The zero-order chi connectivity index (χ0) is 33.6. The maximum atomic E-state index is 15.1. The minimum atomic E-state index is -4.85. The third-order valence-electron chi connectivity index (χ3n) is 6.81. The summed E-state index contributed by atoms with van der Waals surface area (Å²) in [5, 5.41) is 0.287. The molecule has 7 nitrogen and oxygen atoms in total. The highest BCUT2D eigenvalue weighted by Crippen LogP contribution is 2.38. The molecule has 0 aliphatic carbocycles. The van der Waals surface area contributed by atoms with E-state index in [9.17, 15) is 30.8 Å². The first-order valence-corrected chi connectivity index (χ1v) is 15.6. The summed E-state index contributed by atoms with van der Waals surface area (Å²) in [6.45, 7) is 1.80. The van der Waals surface area contributed by atoms with Gasteiger partial charge in [-0.05, 0) is 80.1 Å². The average Bonchev–Trinajstić information content (AvgIpc) is 3.00. The molecule has 4 rings (SSSR count). The van der Waals surface area contributed by atoms with Crippen LogP contribution < -0.4 is 13.8 Å². The van der Waals surface area contributed by atoms with Gasteiger partial charge in [-0.15, -0.1) is 13.2 Å². The van der Waals surface area contributed by atoms with Crippen molar-refractivity contribution in [3.05, 3.63) is 119 Å². The molecule has 0 radical (unpaired) electrons. The second-order valence-electron chi connectivity index (χ2n) is 10.1. The monoisotopic (exact) mass is 682 g/mol. The van der Waals surface area contributed by atoms with E-state index in [0.717, 1.165) is 34.6 Å². The summed E-state index contributed by atoms with van der Waals surface area (Å²) < 4.78 is 105. The molecular formula is C32H28ClF5N2O5S. The normalized spacial score (nSPS) is 12.3. The van der Waals surface area contributed by atoms with Gasteiger partial charge >= 0.3 is 6.36 Å². The molecule has 1 atom stereocenters. The summed E-state index contributed by atoms with van der Waals surface area (Å²) in [7, 11) is -2.93. The molecule has 0 bridgehead atoms. The fourth-order valence-corrected chi connectivity index (χ4v) is 6.37. The van der Waals surface area contributed by atoms with Crippen LogP contribution in [-0.4, -0.2) is 45.8 Å². The number of benzene rings is 4. The quantitative estimate of drug-likeness (QED) is 0.112. The SMILES string of the molecule is CC(c1ccccc1OCCCN(C)C(=O)c1ccc(OC(F)(F)F)cc1)N(c1cc(F)ccc1F)S(=O)(=O)c1ccc(Cl)cc1. The molecule has 244 valence electrons. The van der Waals surface area contributed by atoms with Crippen molar-refractivity contribution in [2.75, 3.05) is 24.5 Å².